The van der Waals surface area contributed by atoms with Crippen molar-refractivity contribution in [1.82, 2.24) is 4.98 Å². The van der Waals surface area contributed by atoms with E-state index in [0.717, 1.165) is 17.9 Å². The quantitative estimate of drug-likeness (QED) is 0.835. The third-order valence-electron chi connectivity index (χ3n) is 3.61. The van der Waals surface area contributed by atoms with Crippen molar-refractivity contribution in [2.75, 3.05) is 11.4 Å². The summed E-state index contributed by atoms with van der Waals surface area (Å²) in [6, 6.07) is 13.2. The molecule has 0 N–H and O–H groups in total. The Balaban J connectivity index is 2.02. The number of nitrogens with zero attached hydrogens (tertiary/aromatic N) is 3. The molecule has 0 aliphatic heterocycles. The number of hydrogen-bond acceptors (Lipinski definition) is 3. The zero-order valence-electron chi connectivity index (χ0n) is 11.1. The van der Waals surface area contributed by atoms with Gasteiger partial charge in [0.05, 0.1) is 18.0 Å². The zero-order valence-corrected chi connectivity index (χ0v) is 11.1. The summed E-state index contributed by atoms with van der Waals surface area (Å²) >= 11 is 0. The number of aromatic nitrogens is 1. The summed E-state index contributed by atoms with van der Waals surface area (Å²) in [4.78, 5) is 7.12. The SMILES string of the molecule is Cc1cc2ccccc2nc1N(CCC#N)C1CC1. The molecule has 1 aromatic carbocycles. The lowest BCUT2D eigenvalue weighted by Crippen LogP contribution is -2.28. The number of para-hydroxylation sites is 1. The summed E-state index contributed by atoms with van der Waals surface area (Å²) < 4.78 is 0. The van der Waals surface area contributed by atoms with Crippen LogP contribution < -0.4 is 4.90 Å². The maximum absolute atomic E-state index is 8.81. The molecule has 0 saturated heterocycles. The van der Waals surface area contributed by atoms with Crippen molar-refractivity contribution in [3.63, 3.8) is 0 Å². The summed E-state index contributed by atoms with van der Waals surface area (Å²) in [5.41, 5.74) is 2.23. The Morgan fingerprint density at radius 2 is 2.16 bits per heavy atom. The first-order valence-corrected chi connectivity index (χ1v) is 6.79. The van der Waals surface area contributed by atoms with E-state index in [-0.39, 0.29) is 0 Å². The minimum Gasteiger partial charge on any atom is -0.352 e. The van der Waals surface area contributed by atoms with Crippen LogP contribution in [0.4, 0.5) is 5.82 Å². The van der Waals surface area contributed by atoms with Gasteiger partial charge in [0.2, 0.25) is 0 Å². The Morgan fingerprint density at radius 3 is 2.89 bits per heavy atom. The third kappa shape index (κ3) is 2.39. The molecule has 0 bridgehead atoms. The minimum atomic E-state index is 0.560. The maximum Gasteiger partial charge on any atom is 0.132 e. The molecule has 0 atom stereocenters. The van der Waals surface area contributed by atoms with Gasteiger partial charge in [-0.2, -0.15) is 5.26 Å². The smallest absolute Gasteiger partial charge is 0.132 e. The Bertz CT molecular complexity index is 638. The van der Waals surface area contributed by atoms with Crippen LogP contribution in [0.2, 0.25) is 0 Å². The van der Waals surface area contributed by atoms with E-state index in [1.165, 1.54) is 23.8 Å². The highest BCUT2D eigenvalue weighted by Crippen LogP contribution is 2.33. The largest absolute Gasteiger partial charge is 0.352 e. The van der Waals surface area contributed by atoms with E-state index in [2.05, 4.69) is 30.0 Å². The van der Waals surface area contributed by atoms with Gasteiger partial charge < -0.3 is 4.90 Å². The molecular formula is C16H17N3. The average Bonchev–Trinajstić information content (AvgIpc) is 3.24. The average molecular weight is 251 g/mol. The van der Waals surface area contributed by atoms with E-state index in [1.807, 2.05) is 18.2 Å². The van der Waals surface area contributed by atoms with Gasteiger partial charge in [0.1, 0.15) is 5.82 Å². The third-order valence-corrected chi connectivity index (χ3v) is 3.61. The van der Waals surface area contributed by atoms with Gasteiger partial charge in [-0.3, -0.25) is 0 Å². The number of hydrogen-bond donors (Lipinski definition) is 0. The van der Waals surface area contributed by atoms with Gasteiger partial charge in [0, 0.05) is 18.0 Å². The second kappa shape index (κ2) is 4.89. The van der Waals surface area contributed by atoms with Crippen LogP contribution in [-0.2, 0) is 0 Å². The Hall–Kier alpha value is -2.08. The van der Waals surface area contributed by atoms with Crippen LogP contribution in [0.15, 0.2) is 30.3 Å². The highest BCUT2D eigenvalue weighted by molar-refractivity contribution is 5.81. The zero-order chi connectivity index (χ0) is 13.2. The van der Waals surface area contributed by atoms with E-state index in [4.69, 9.17) is 10.2 Å². The van der Waals surface area contributed by atoms with Gasteiger partial charge in [-0.1, -0.05) is 18.2 Å². The molecule has 2 aromatic rings. The van der Waals surface area contributed by atoms with Gasteiger partial charge in [0.15, 0.2) is 0 Å². The predicted molar refractivity (Wildman–Crippen MR) is 77.1 cm³/mol. The fourth-order valence-electron chi connectivity index (χ4n) is 2.52. The Labute approximate surface area is 113 Å². The molecule has 0 amide bonds. The van der Waals surface area contributed by atoms with Crippen molar-refractivity contribution in [2.45, 2.75) is 32.2 Å². The van der Waals surface area contributed by atoms with E-state index in [9.17, 15) is 0 Å². The van der Waals surface area contributed by atoms with Crippen LogP contribution in [-0.4, -0.2) is 17.6 Å². The normalized spacial score (nSPS) is 14.3. The summed E-state index contributed by atoms with van der Waals surface area (Å²) in [7, 11) is 0. The second-order valence-corrected chi connectivity index (χ2v) is 5.15. The molecule has 1 aliphatic rings. The monoisotopic (exact) mass is 251 g/mol. The molecule has 0 spiro atoms. The van der Waals surface area contributed by atoms with E-state index in [0.29, 0.717) is 12.5 Å². The summed E-state index contributed by atoms with van der Waals surface area (Å²) in [5, 5.41) is 9.99. The van der Waals surface area contributed by atoms with E-state index < -0.39 is 0 Å². The van der Waals surface area contributed by atoms with Crippen molar-refractivity contribution < 1.29 is 0 Å². The van der Waals surface area contributed by atoms with Crippen molar-refractivity contribution in [3.8, 4) is 6.07 Å². The number of anilines is 1. The predicted octanol–water partition coefficient (Wildman–Crippen LogP) is 3.43. The van der Waals surface area contributed by atoms with E-state index >= 15 is 0 Å². The fourth-order valence-corrected chi connectivity index (χ4v) is 2.52. The molecule has 1 aliphatic carbocycles. The minimum absolute atomic E-state index is 0.560. The highest BCUT2D eigenvalue weighted by atomic mass is 15.2. The lowest BCUT2D eigenvalue weighted by molar-refractivity contribution is 0.777. The van der Waals surface area contributed by atoms with Crippen molar-refractivity contribution in [1.29, 1.82) is 5.26 Å². The lowest BCUT2D eigenvalue weighted by atomic mass is 10.1. The van der Waals surface area contributed by atoms with Crippen LogP contribution in [0.1, 0.15) is 24.8 Å². The van der Waals surface area contributed by atoms with Crippen LogP contribution in [0.3, 0.4) is 0 Å². The molecule has 1 heterocycles. The number of fused-ring (bicyclic) bond motifs is 1. The molecule has 1 aromatic heterocycles. The number of pyridine rings is 1. The topological polar surface area (TPSA) is 39.9 Å². The number of nitriles is 1. The first-order valence-electron chi connectivity index (χ1n) is 6.79. The summed E-state index contributed by atoms with van der Waals surface area (Å²) in [6.07, 6.45) is 3.00. The fraction of sp³-hybridized carbons (Fsp3) is 0.375. The summed E-state index contributed by atoms with van der Waals surface area (Å²) in [5.74, 6) is 1.05. The van der Waals surface area contributed by atoms with Gasteiger partial charge in [-0.15, -0.1) is 0 Å². The lowest BCUT2D eigenvalue weighted by Gasteiger charge is -2.24. The number of aryl methyl sites for hydroxylation is 1. The Morgan fingerprint density at radius 1 is 1.37 bits per heavy atom. The molecular weight excluding hydrogens is 234 g/mol. The first kappa shape index (κ1) is 12.0. The van der Waals surface area contributed by atoms with Gasteiger partial charge in [-0.25, -0.2) is 4.98 Å². The molecule has 3 nitrogen and oxygen atoms in total. The molecule has 19 heavy (non-hydrogen) atoms. The van der Waals surface area contributed by atoms with Gasteiger partial charge in [-0.05, 0) is 37.5 Å². The number of benzene rings is 1. The molecule has 0 radical (unpaired) electrons. The highest BCUT2D eigenvalue weighted by Gasteiger charge is 2.30. The first-order chi connectivity index (χ1) is 9.29. The molecule has 96 valence electrons. The van der Waals surface area contributed by atoms with Gasteiger partial charge >= 0.3 is 0 Å². The molecule has 3 heteroatoms. The van der Waals surface area contributed by atoms with Crippen molar-refractivity contribution in [3.05, 3.63) is 35.9 Å². The second-order valence-electron chi connectivity index (χ2n) is 5.15. The van der Waals surface area contributed by atoms with Crippen LogP contribution >= 0.6 is 0 Å². The van der Waals surface area contributed by atoms with Crippen molar-refractivity contribution >= 4 is 16.7 Å². The molecule has 1 saturated carbocycles. The van der Waals surface area contributed by atoms with Gasteiger partial charge in [0.25, 0.3) is 0 Å². The van der Waals surface area contributed by atoms with E-state index in [1.54, 1.807) is 0 Å². The molecule has 0 unspecified atom stereocenters. The molecule has 3 rings (SSSR count). The molecule has 1 fully saturated rings. The standard InChI is InChI=1S/C16H17N3/c1-12-11-13-5-2-3-6-15(13)18-16(12)19(10-4-9-17)14-7-8-14/h2-3,5-6,11,14H,4,7-8,10H2,1H3. The van der Waals surface area contributed by atoms with Crippen molar-refractivity contribution in [2.24, 2.45) is 0 Å². The van der Waals surface area contributed by atoms with Crippen LogP contribution in [0.5, 0.6) is 0 Å². The Kier molecular flexibility index (Phi) is 3.08. The summed E-state index contributed by atoms with van der Waals surface area (Å²) in [6.45, 7) is 2.89. The van der Waals surface area contributed by atoms with Crippen LogP contribution in [0, 0.1) is 18.3 Å². The number of rotatable bonds is 4. The maximum atomic E-state index is 8.81. The van der Waals surface area contributed by atoms with Crippen LogP contribution in [0.25, 0.3) is 10.9 Å².